The number of nitrogens with two attached hydrogens (primary N) is 1. The zero-order chi connectivity index (χ0) is 19.0. The molecule has 146 valence electrons. The Labute approximate surface area is 159 Å². The first kappa shape index (κ1) is 17.8. The van der Waals surface area contributed by atoms with Crippen molar-refractivity contribution < 1.29 is 18.7 Å². The van der Waals surface area contributed by atoms with E-state index in [9.17, 15) is 14.3 Å². The van der Waals surface area contributed by atoms with E-state index in [0.29, 0.717) is 43.4 Å². The van der Waals surface area contributed by atoms with Gasteiger partial charge in [-0.2, -0.15) is 0 Å². The summed E-state index contributed by atoms with van der Waals surface area (Å²) in [6.45, 7) is 0. The average molecular weight is 375 g/mol. The van der Waals surface area contributed by atoms with E-state index in [4.69, 9.17) is 5.73 Å². The summed E-state index contributed by atoms with van der Waals surface area (Å²) in [6.07, 6.45) is 5.95. The van der Waals surface area contributed by atoms with Gasteiger partial charge in [-0.05, 0) is 0 Å². The van der Waals surface area contributed by atoms with E-state index in [-0.39, 0.29) is 18.4 Å². The van der Waals surface area contributed by atoms with Gasteiger partial charge in [-0.3, -0.25) is 0 Å². The molecule has 0 aromatic carbocycles. The summed E-state index contributed by atoms with van der Waals surface area (Å²) < 4.78 is 26.5. The minimum atomic E-state index is -1.18. The first-order valence-corrected chi connectivity index (χ1v) is 10.3. The van der Waals surface area contributed by atoms with Gasteiger partial charge >= 0.3 is 158 Å². The number of nitrogens with zero attached hydrogens (tertiary/aromatic N) is 1. The number of halogens is 1. The molecule has 27 heavy (non-hydrogen) atoms. The van der Waals surface area contributed by atoms with Crippen LogP contribution in [0.3, 0.4) is 0 Å². The van der Waals surface area contributed by atoms with Crippen molar-refractivity contribution >= 4 is 19.0 Å². The van der Waals surface area contributed by atoms with Crippen LogP contribution in [0.4, 0.5) is 4.39 Å². The molecule has 6 fully saturated rings. The Morgan fingerprint density at radius 3 is 2.48 bits per heavy atom. The summed E-state index contributed by atoms with van der Waals surface area (Å²) in [7, 11) is 0.751. The SMILES string of the molecule is NC(=O)[C@@H]1C[C@@H]2C[C@@H]2N1C(=O)[C@@H](NCB=O)C12CC3CC(CC(F)(C3)C1)C2. The Balaban J connectivity index is 1.47. The molecular weight excluding hydrogens is 348 g/mol. The van der Waals surface area contributed by atoms with Crippen LogP contribution in [-0.4, -0.2) is 54.1 Å². The predicted molar refractivity (Wildman–Crippen MR) is 95.5 cm³/mol. The van der Waals surface area contributed by atoms with Crippen molar-refractivity contribution in [3.05, 3.63) is 0 Å². The van der Waals surface area contributed by atoms with Gasteiger partial charge in [0.25, 0.3) is 0 Å². The van der Waals surface area contributed by atoms with Crippen molar-refractivity contribution in [2.24, 2.45) is 28.9 Å². The summed E-state index contributed by atoms with van der Waals surface area (Å²) in [5.74, 6) is 0.406. The molecule has 1 heterocycles. The van der Waals surface area contributed by atoms with Crippen LogP contribution in [0.2, 0.25) is 0 Å². The van der Waals surface area contributed by atoms with E-state index in [2.05, 4.69) is 5.32 Å². The zero-order valence-corrected chi connectivity index (χ0v) is 15.5. The van der Waals surface area contributed by atoms with Crippen molar-refractivity contribution in [3.63, 3.8) is 0 Å². The van der Waals surface area contributed by atoms with Crippen LogP contribution in [-0.2, 0) is 14.3 Å². The number of hydrogen-bond acceptors (Lipinski definition) is 4. The third-order valence-corrected chi connectivity index (χ3v) is 7.99. The molecule has 2 unspecified atom stereocenters. The van der Waals surface area contributed by atoms with Gasteiger partial charge in [-0.1, -0.05) is 0 Å². The molecule has 8 heteroatoms. The maximum absolute atomic E-state index is 15.4. The first-order chi connectivity index (χ1) is 12.8. The second kappa shape index (κ2) is 5.85. The molecule has 0 radical (unpaired) electrons. The molecule has 0 aromatic rings. The van der Waals surface area contributed by atoms with Crippen LogP contribution in [0.15, 0.2) is 0 Å². The van der Waals surface area contributed by atoms with Crippen LogP contribution in [0.1, 0.15) is 51.4 Å². The third-order valence-electron chi connectivity index (χ3n) is 7.99. The molecule has 6 aliphatic rings. The second-order valence-electron chi connectivity index (χ2n) is 9.94. The van der Waals surface area contributed by atoms with E-state index in [1.807, 2.05) is 0 Å². The molecule has 0 spiro atoms. The molecule has 4 bridgehead atoms. The summed E-state index contributed by atoms with van der Waals surface area (Å²) in [5.41, 5.74) is 3.94. The fraction of sp³-hybridized carbons (Fsp3) is 0.895. The third kappa shape index (κ3) is 2.70. The van der Waals surface area contributed by atoms with Crippen molar-refractivity contribution in [1.29, 1.82) is 0 Å². The Bertz CT molecular complexity index is 690. The van der Waals surface area contributed by atoms with E-state index in [0.717, 1.165) is 32.8 Å². The van der Waals surface area contributed by atoms with Gasteiger partial charge in [0.05, 0.1) is 0 Å². The molecule has 0 aromatic heterocycles. The van der Waals surface area contributed by atoms with Crippen molar-refractivity contribution in [1.82, 2.24) is 10.2 Å². The Morgan fingerprint density at radius 2 is 1.89 bits per heavy atom. The maximum atomic E-state index is 15.4. The molecule has 2 amide bonds. The van der Waals surface area contributed by atoms with Crippen LogP contribution in [0, 0.1) is 23.2 Å². The monoisotopic (exact) mass is 375 g/mol. The number of piperidine rings is 1. The summed E-state index contributed by atoms with van der Waals surface area (Å²) in [4.78, 5) is 27.2. The number of carbonyl (C=O) groups is 2. The molecule has 3 N–H and O–H groups in total. The fourth-order valence-corrected chi connectivity index (χ4v) is 7.47. The van der Waals surface area contributed by atoms with Crippen LogP contribution >= 0.6 is 0 Å². The molecule has 5 aliphatic carbocycles. The second-order valence-corrected chi connectivity index (χ2v) is 9.94. The van der Waals surface area contributed by atoms with Crippen LogP contribution < -0.4 is 11.1 Å². The number of carbonyl (C=O) groups excluding carboxylic acids is 2. The molecular formula is C19H27BFN3O3. The van der Waals surface area contributed by atoms with Gasteiger partial charge < -0.3 is 0 Å². The zero-order valence-electron chi connectivity index (χ0n) is 15.5. The van der Waals surface area contributed by atoms with E-state index in [1.54, 1.807) is 4.90 Å². The number of hydrogen-bond donors (Lipinski definition) is 2. The average Bonchev–Trinajstić information content (AvgIpc) is 3.22. The van der Waals surface area contributed by atoms with Gasteiger partial charge in [0.15, 0.2) is 0 Å². The van der Waals surface area contributed by atoms with E-state index >= 15 is 4.39 Å². The topological polar surface area (TPSA) is 92.5 Å². The number of likely N-dealkylation sites (tertiary alicyclic amines) is 1. The van der Waals surface area contributed by atoms with Gasteiger partial charge in [0, 0.05) is 0 Å². The number of nitrogens with one attached hydrogen (secondary N) is 1. The number of fused-ring (bicyclic) bond motifs is 1. The van der Waals surface area contributed by atoms with Crippen LogP contribution in [0.5, 0.6) is 0 Å². The number of rotatable bonds is 6. The van der Waals surface area contributed by atoms with E-state index < -0.39 is 29.1 Å². The molecule has 6 atom stereocenters. The summed E-state index contributed by atoms with van der Waals surface area (Å²) in [6, 6.07) is -1.08. The fourth-order valence-electron chi connectivity index (χ4n) is 7.47. The molecule has 1 aliphatic heterocycles. The quantitative estimate of drug-likeness (QED) is 0.670. The van der Waals surface area contributed by atoms with Crippen LogP contribution in [0.25, 0.3) is 0 Å². The first-order valence-electron chi connectivity index (χ1n) is 10.3. The summed E-state index contributed by atoms with van der Waals surface area (Å²) in [5, 5.41) is 3.14. The van der Waals surface area contributed by atoms with E-state index in [1.165, 1.54) is 0 Å². The normalized spacial score (nSPS) is 47.4. The Hall–Kier alpha value is -1.31. The number of primary amides is 1. The predicted octanol–water partition coefficient (Wildman–Crippen LogP) is 0.735. The standard InChI is InChI=1S/C19H27BFN3O3/c21-19-6-10-1-11(7-19)5-18(4-10,8-19)15(23-9-20-27)17(26)24-13-2-12(13)3-14(24)16(22)25/h10-15,23H,1-9H2,(H2,22,25)/t10?,11?,12-,13-,14-,15+,18?,19?/m0/s1. The van der Waals surface area contributed by atoms with Gasteiger partial charge in [-0.25, -0.2) is 0 Å². The number of alkyl halides is 1. The van der Waals surface area contributed by atoms with Gasteiger partial charge in [0.1, 0.15) is 0 Å². The molecule has 5 saturated carbocycles. The van der Waals surface area contributed by atoms with Gasteiger partial charge in [0.2, 0.25) is 0 Å². The molecule has 6 nitrogen and oxygen atoms in total. The Kier molecular flexibility index (Phi) is 3.85. The molecule has 6 rings (SSSR count). The number of amides is 2. The summed E-state index contributed by atoms with van der Waals surface area (Å²) >= 11 is 0. The molecule has 1 saturated heterocycles. The van der Waals surface area contributed by atoms with Crippen molar-refractivity contribution in [2.45, 2.75) is 75.2 Å². The van der Waals surface area contributed by atoms with Crippen molar-refractivity contribution in [3.8, 4) is 0 Å². The Morgan fingerprint density at radius 1 is 1.19 bits per heavy atom. The van der Waals surface area contributed by atoms with Gasteiger partial charge in [-0.15, -0.1) is 0 Å². The minimum absolute atomic E-state index is 0.0654. The van der Waals surface area contributed by atoms with Crippen molar-refractivity contribution in [2.75, 3.05) is 6.44 Å².